The van der Waals surface area contributed by atoms with Crippen molar-refractivity contribution in [3.63, 3.8) is 0 Å². The van der Waals surface area contributed by atoms with Gasteiger partial charge in [-0.1, -0.05) is 12.2 Å². The summed E-state index contributed by atoms with van der Waals surface area (Å²) >= 11 is 0. The van der Waals surface area contributed by atoms with Crippen LogP contribution in [0.4, 0.5) is 4.39 Å². The average molecular weight is 427 g/mol. The molecule has 1 aromatic heterocycles. The molecule has 1 aromatic carbocycles. The smallest absolute Gasteiger partial charge is 0.211 e. The van der Waals surface area contributed by atoms with Crippen molar-refractivity contribution in [3.05, 3.63) is 64.7 Å². The Morgan fingerprint density at radius 3 is 2.63 bits per heavy atom. The van der Waals surface area contributed by atoms with E-state index in [-0.39, 0.29) is 6.04 Å². The largest absolute Gasteiger partial charge is 0.286 e. The number of aromatic nitrogens is 1. The molecule has 8 heteroatoms. The highest BCUT2D eigenvalue weighted by molar-refractivity contribution is 7.88. The molecule has 0 spiro atoms. The monoisotopic (exact) mass is 426 g/mol. The second-order valence-electron chi connectivity index (χ2n) is 7.25. The molecule has 0 unspecified atom stereocenters. The van der Waals surface area contributed by atoms with Crippen LogP contribution in [0.15, 0.2) is 41.7 Å². The third kappa shape index (κ3) is 5.38. The van der Waals surface area contributed by atoms with E-state index < -0.39 is 15.8 Å². The van der Waals surface area contributed by atoms with Crippen LogP contribution in [0.2, 0.25) is 0 Å². The maximum Gasteiger partial charge on any atom is 0.211 e. The lowest BCUT2D eigenvalue weighted by Crippen LogP contribution is -2.39. The van der Waals surface area contributed by atoms with E-state index in [1.807, 2.05) is 19.1 Å². The minimum absolute atomic E-state index is 0.0461. The number of pyridine rings is 1. The molecular weight excluding hydrogens is 403 g/mol. The molecule has 1 fully saturated rings. The summed E-state index contributed by atoms with van der Waals surface area (Å²) in [5, 5.41) is 9.01. The molecule has 1 aliphatic heterocycles. The first-order valence-electron chi connectivity index (χ1n) is 9.59. The van der Waals surface area contributed by atoms with Gasteiger partial charge in [-0.2, -0.15) is 5.26 Å². The second-order valence-corrected chi connectivity index (χ2v) is 9.23. The Hall–Kier alpha value is -2.89. The number of benzene rings is 1. The van der Waals surface area contributed by atoms with Crippen molar-refractivity contribution in [2.75, 3.05) is 19.3 Å². The fraction of sp³-hybridized carbons (Fsp3) is 0.318. The van der Waals surface area contributed by atoms with Gasteiger partial charge >= 0.3 is 0 Å². The van der Waals surface area contributed by atoms with Crippen LogP contribution < -0.4 is 0 Å². The molecule has 0 bridgehead atoms. The summed E-state index contributed by atoms with van der Waals surface area (Å²) in [5.74, 6) is -0.399. The summed E-state index contributed by atoms with van der Waals surface area (Å²) in [6, 6.07) is 8.10. The Morgan fingerprint density at radius 2 is 1.97 bits per heavy atom. The first kappa shape index (κ1) is 21.8. The molecule has 0 radical (unpaired) electrons. The number of piperidine rings is 1. The summed E-state index contributed by atoms with van der Waals surface area (Å²) < 4.78 is 38.9. The highest BCUT2D eigenvalue weighted by atomic mass is 32.2. The third-order valence-electron chi connectivity index (χ3n) is 5.08. The van der Waals surface area contributed by atoms with Gasteiger partial charge in [-0.25, -0.2) is 17.1 Å². The highest BCUT2D eigenvalue weighted by Crippen LogP contribution is 2.20. The number of nitrogens with zero attached hydrogens (tertiary/aromatic N) is 4. The van der Waals surface area contributed by atoms with E-state index in [4.69, 9.17) is 10.3 Å². The topological polar surface area (TPSA) is 86.4 Å². The molecule has 1 aliphatic rings. The molecule has 0 atom stereocenters. The molecular formula is C22H23FN4O2S. The van der Waals surface area contributed by atoms with Crippen molar-refractivity contribution >= 4 is 27.9 Å². The van der Waals surface area contributed by atoms with E-state index in [2.05, 4.69) is 4.98 Å². The van der Waals surface area contributed by atoms with Crippen molar-refractivity contribution in [1.29, 1.82) is 5.26 Å². The summed E-state index contributed by atoms with van der Waals surface area (Å²) in [6.45, 7) is 2.83. The van der Waals surface area contributed by atoms with Crippen molar-refractivity contribution in [1.82, 2.24) is 9.29 Å². The Bertz CT molecular complexity index is 1130. The predicted molar refractivity (Wildman–Crippen MR) is 116 cm³/mol. The van der Waals surface area contributed by atoms with Crippen molar-refractivity contribution in [2.45, 2.75) is 25.8 Å². The summed E-state index contributed by atoms with van der Waals surface area (Å²) in [5.41, 5.74) is 3.19. The van der Waals surface area contributed by atoms with Crippen LogP contribution in [0.1, 0.15) is 42.0 Å². The fourth-order valence-corrected chi connectivity index (χ4v) is 4.29. The molecule has 1 saturated heterocycles. The third-order valence-corrected chi connectivity index (χ3v) is 6.38. The molecule has 2 aromatic rings. The Morgan fingerprint density at radius 1 is 1.27 bits per heavy atom. The summed E-state index contributed by atoms with van der Waals surface area (Å²) in [7, 11) is -3.16. The molecule has 2 heterocycles. The molecule has 3 rings (SSSR count). The van der Waals surface area contributed by atoms with Gasteiger partial charge in [-0.15, -0.1) is 0 Å². The SMILES string of the molecule is CC(=NC1CCN(S(C)(=O)=O)CC1)c1cnccc1C=Cc1cc(C#N)ccc1F. The Kier molecular flexibility index (Phi) is 6.75. The van der Waals surface area contributed by atoms with Gasteiger partial charge in [0.1, 0.15) is 5.82 Å². The second kappa shape index (κ2) is 9.28. The first-order chi connectivity index (χ1) is 14.3. The molecule has 0 aliphatic carbocycles. The number of aliphatic imine (C=N–C) groups is 1. The van der Waals surface area contributed by atoms with Crippen LogP contribution in [0, 0.1) is 17.1 Å². The number of sulfonamides is 1. The lowest BCUT2D eigenvalue weighted by molar-refractivity contribution is 0.323. The van der Waals surface area contributed by atoms with Crippen LogP contribution in [0.25, 0.3) is 12.2 Å². The van der Waals surface area contributed by atoms with Crippen molar-refractivity contribution < 1.29 is 12.8 Å². The zero-order chi connectivity index (χ0) is 21.7. The minimum atomic E-state index is -3.16. The highest BCUT2D eigenvalue weighted by Gasteiger charge is 2.24. The van der Waals surface area contributed by atoms with Gasteiger partial charge in [0.15, 0.2) is 0 Å². The molecule has 6 nitrogen and oxygen atoms in total. The van der Waals surface area contributed by atoms with Gasteiger partial charge in [0.2, 0.25) is 10.0 Å². The molecule has 0 saturated carbocycles. The maximum atomic E-state index is 14.0. The Labute approximate surface area is 176 Å². The van der Waals surface area contributed by atoms with E-state index in [0.29, 0.717) is 37.1 Å². The van der Waals surface area contributed by atoms with Gasteiger partial charge < -0.3 is 0 Å². The van der Waals surface area contributed by atoms with Gasteiger partial charge in [0, 0.05) is 42.3 Å². The standard InChI is InChI=1S/C22H23FN4O2S/c1-16(26-20-8-11-27(12-9-20)30(2,28)29)21-15-25-10-7-18(21)4-5-19-13-17(14-24)3-6-22(19)23/h3-7,10,13,15,20H,8-9,11-12H2,1-2H3. The summed E-state index contributed by atoms with van der Waals surface area (Å²) in [6.07, 6.45) is 9.35. The fourth-order valence-electron chi connectivity index (χ4n) is 3.42. The lowest BCUT2D eigenvalue weighted by Gasteiger charge is -2.28. The van der Waals surface area contributed by atoms with Gasteiger partial charge in [0.05, 0.1) is 23.9 Å². The average Bonchev–Trinajstić information content (AvgIpc) is 2.73. The molecule has 156 valence electrons. The predicted octanol–water partition coefficient (Wildman–Crippen LogP) is 3.50. The number of hydrogen-bond acceptors (Lipinski definition) is 5. The summed E-state index contributed by atoms with van der Waals surface area (Å²) in [4.78, 5) is 8.97. The van der Waals surface area contributed by atoms with Crippen LogP contribution in [-0.2, 0) is 10.0 Å². The van der Waals surface area contributed by atoms with Crippen LogP contribution in [0.3, 0.4) is 0 Å². The van der Waals surface area contributed by atoms with Gasteiger partial charge in [-0.05, 0) is 49.6 Å². The van der Waals surface area contributed by atoms with Gasteiger partial charge in [-0.3, -0.25) is 9.98 Å². The minimum Gasteiger partial charge on any atom is -0.286 e. The Balaban J connectivity index is 1.80. The van der Waals surface area contributed by atoms with E-state index in [0.717, 1.165) is 16.8 Å². The number of hydrogen-bond donors (Lipinski definition) is 0. The number of halogens is 1. The van der Waals surface area contributed by atoms with Crippen LogP contribution in [0.5, 0.6) is 0 Å². The normalized spacial score (nSPS) is 16.7. The zero-order valence-corrected chi connectivity index (χ0v) is 17.7. The first-order valence-corrected chi connectivity index (χ1v) is 11.4. The number of nitriles is 1. The van der Waals surface area contributed by atoms with Crippen molar-refractivity contribution in [2.24, 2.45) is 4.99 Å². The quantitative estimate of drug-likeness (QED) is 0.685. The van der Waals surface area contributed by atoms with Crippen molar-refractivity contribution in [3.8, 4) is 6.07 Å². The van der Waals surface area contributed by atoms with E-state index >= 15 is 0 Å². The molecule has 0 amide bonds. The lowest BCUT2D eigenvalue weighted by atomic mass is 10.0. The molecule has 0 N–H and O–H groups in total. The van der Waals surface area contributed by atoms with Crippen LogP contribution in [-0.4, -0.2) is 48.8 Å². The van der Waals surface area contributed by atoms with E-state index in [9.17, 15) is 12.8 Å². The molecule has 30 heavy (non-hydrogen) atoms. The van der Waals surface area contributed by atoms with Crippen LogP contribution >= 0.6 is 0 Å². The maximum absolute atomic E-state index is 14.0. The van der Waals surface area contributed by atoms with E-state index in [1.165, 1.54) is 28.8 Å². The zero-order valence-electron chi connectivity index (χ0n) is 16.9. The van der Waals surface area contributed by atoms with Gasteiger partial charge in [0.25, 0.3) is 0 Å². The van der Waals surface area contributed by atoms with E-state index in [1.54, 1.807) is 24.5 Å². The number of rotatable bonds is 5.